The van der Waals surface area contributed by atoms with Gasteiger partial charge in [-0.05, 0) is 42.5 Å². The second-order valence-corrected chi connectivity index (χ2v) is 6.29. The third-order valence-electron chi connectivity index (χ3n) is 4.21. The number of ether oxygens (including phenoxy) is 1. The number of hydrogen-bond acceptors (Lipinski definition) is 2. The lowest BCUT2D eigenvalue weighted by atomic mass is 9.92. The molecule has 0 aliphatic carbocycles. The van der Waals surface area contributed by atoms with E-state index < -0.39 is 0 Å². The molecule has 1 aliphatic heterocycles. The van der Waals surface area contributed by atoms with Gasteiger partial charge in [0.25, 0.3) is 5.91 Å². The Bertz CT molecular complexity index is 652. The van der Waals surface area contributed by atoms with Gasteiger partial charge in [-0.1, -0.05) is 13.8 Å². The van der Waals surface area contributed by atoms with E-state index in [1.807, 2.05) is 29.2 Å². The van der Waals surface area contributed by atoms with Crippen molar-refractivity contribution in [1.29, 1.82) is 0 Å². The van der Waals surface area contributed by atoms with Crippen molar-refractivity contribution in [3.8, 4) is 5.75 Å². The van der Waals surface area contributed by atoms with E-state index >= 15 is 0 Å². The number of likely N-dealkylation sites (tertiary alicyclic amines) is 1. The first-order chi connectivity index (χ1) is 10.1. The molecule has 0 radical (unpaired) electrons. The maximum atomic E-state index is 12.7. The zero-order valence-corrected chi connectivity index (χ0v) is 12.8. The molecule has 1 aromatic heterocycles. The van der Waals surface area contributed by atoms with Crippen molar-refractivity contribution in [2.24, 2.45) is 11.8 Å². The predicted molar refractivity (Wildman–Crippen MR) is 83.7 cm³/mol. The molecule has 0 spiro atoms. The Balaban J connectivity index is 1.87. The highest BCUT2D eigenvalue weighted by molar-refractivity contribution is 5.98. The van der Waals surface area contributed by atoms with Crippen LogP contribution in [0, 0.1) is 11.8 Å². The highest BCUT2D eigenvalue weighted by atomic mass is 16.5. The first-order valence-corrected chi connectivity index (χ1v) is 7.53. The van der Waals surface area contributed by atoms with Gasteiger partial charge in [-0.2, -0.15) is 0 Å². The average molecular weight is 286 g/mol. The zero-order chi connectivity index (χ0) is 15.0. The zero-order valence-electron chi connectivity index (χ0n) is 12.8. The van der Waals surface area contributed by atoms with Gasteiger partial charge in [0.05, 0.1) is 7.11 Å². The summed E-state index contributed by atoms with van der Waals surface area (Å²) < 4.78 is 5.23. The van der Waals surface area contributed by atoms with Crippen LogP contribution in [0.4, 0.5) is 0 Å². The van der Waals surface area contributed by atoms with Crippen LogP contribution in [-0.2, 0) is 0 Å². The van der Waals surface area contributed by atoms with Crippen molar-refractivity contribution in [3.63, 3.8) is 0 Å². The molecule has 2 unspecified atom stereocenters. The minimum absolute atomic E-state index is 0.101. The predicted octanol–water partition coefficient (Wildman–Crippen LogP) is 3.29. The molecule has 1 saturated heterocycles. The van der Waals surface area contributed by atoms with E-state index in [4.69, 9.17) is 4.74 Å². The molecule has 21 heavy (non-hydrogen) atoms. The molecule has 0 bridgehead atoms. The van der Waals surface area contributed by atoms with Gasteiger partial charge in [0.1, 0.15) is 11.4 Å². The normalized spacial score (nSPS) is 22.5. The summed E-state index contributed by atoms with van der Waals surface area (Å²) in [6, 6.07) is 7.72. The molecule has 1 N–H and O–H groups in total. The van der Waals surface area contributed by atoms with Crippen LogP contribution in [0.3, 0.4) is 0 Å². The quantitative estimate of drug-likeness (QED) is 0.920. The number of rotatable bonds is 2. The Labute approximate surface area is 125 Å². The van der Waals surface area contributed by atoms with Crippen molar-refractivity contribution < 1.29 is 9.53 Å². The van der Waals surface area contributed by atoms with Crippen LogP contribution >= 0.6 is 0 Å². The number of fused-ring (bicyclic) bond motifs is 1. The number of nitrogens with one attached hydrogen (secondary N) is 1. The molecule has 2 heterocycles. The van der Waals surface area contributed by atoms with E-state index in [0.717, 1.165) is 29.7 Å². The number of carbonyl (C=O) groups excluding carboxylic acids is 1. The minimum atomic E-state index is 0.101. The van der Waals surface area contributed by atoms with Gasteiger partial charge in [0, 0.05) is 24.0 Å². The summed E-state index contributed by atoms with van der Waals surface area (Å²) in [6.07, 6.45) is 1.20. The number of hydrogen-bond donors (Lipinski definition) is 1. The first-order valence-electron chi connectivity index (χ1n) is 7.53. The molecular formula is C17H22N2O2. The fourth-order valence-corrected chi connectivity index (χ4v) is 3.35. The van der Waals surface area contributed by atoms with Crippen LogP contribution in [0.25, 0.3) is 10.9 Å². The Morgan fingerprint density at radius 1 is 1.24 bits per heavy atom. The van der Waals surface area contributed by atoms with Crippen molar-refractivity contribution in [2.45, 2.75) is 20.3 Å². The number of piperidine rings is 1. The lowest BCUT2D eigenvalue weighted by Crippen LogP contribution is -2.42. The fraction of sp³-hybridized carbons (Fsp3) is 0.471. The SMILES string of the molecule is COc1ccc2[nH]c(C(=O)N3CC(C)CC(C)C3)cc2c1. The van der Waals surface area contributed by atoms with Crippen LogP contribution in [-0.4, -0.2) is 36.0 Å². The van der Waals surface area contributed by atoms with E-state index in [9.17, 15) is 4.79 Å². The molecule has 4 nitrogen and oxygen atoms in total. The summed E-state index contributed by atoms with van der Waals surface area (Å²) in [4.78, 5) is 17.9. The smallest absolute Gasteiger partial charge is 0.270 e. The number of amides is 1. The van der Waals surface area contributed by atoms with Crippen molar-refractivity contribution >= 4 is 16.8 Å². The lowest BCUT2D eigenvalue weighted by molar-refractivity contribution is 0.0618. The monoisotopic (exact) mass is 286 g/mol. The number of aromatic nitrogens is 1. The molecule has 1 fully saturated rings. The van der Waals surface area contributed by atoms with Gasteiger partial charge in [-0.25, -0.2) is 0 Å². The van der Waals surface area contributed by atoms with Crippen LogP contribution in [0.15, 0.2) is 24.3 Å². The molecule has 2 aromatic rings. The molecule has 4 heteroatoms. The number of carbonyl (C=O) groups is 1. The van der Waals surface area contributed by atoms with E-state index in [-0.39, 0.29) is 5.91 Å². The molecule has 1 aliphatic rings. The highest BCUT2D eigenvalue weighted by Gasteiger charge is 2.26. The van der Waals surface area contributed by atoms with Gasteiger partial charge < -0.3 is 14.6 Å². The van der Waals surface area contributed by atoms with E-state index in [1.165, 1.54) is 6.42 Å². The summed E-state index contributed by atoms with van der Waals surface area (Å²) in [5.41, 5.74) is 1.64. The Kier molecular flexibility index (Phi) is 3.62. The number of nitrogens with zero attached hydrogens (tertiary/aromatic N) is 1. The van der Waals surface area contributed by atoms with Crippen LogP contribution in [0.1, 0.15) is 30.8 Å². The second-order valence-electron chi connectivity index (χ2n) is 6.29. The van der Waals surface area contributed by atoms with Crippen LogP contribution < -0.4 is 4.74 Å². The summed E-state index contributed by atoms with van der Waals surface area (Å²) in [6.45, 7) is 6.13. The lowest BCUT2D eigenvalue weighted by Gasteiger charge is -2.34. The molecule has 112 valence electrons. The third-order valence-corrected chi connectivity index (χ3v) is 4.21. The standard InChI is InChI=1S/C17H22N2O2/c1-11-6-12(2)10-19(9-11)17(20)16-8-13-7-14(21-3)4-5-15(13)18-16/h4-5,7-8,11-12,18H,6,9-10H2,1-3H3. The van der Waals surface area contributed by atoms with Gasteiger partial charge in [-0.15, -0.1) is 0 Å². The minimum Gasteiger partial charge on any atom is -0.497 e. The molecule has 3 rings (SSSR count). The number of benzene rings is 1. The number of aromatic amines is 1. The largest absolute Gasteiger partial charge is 0.497 e. The fourth-order valence-electron chi connectivity index (χ4n) is 3.35. The van der Waals surface area contributed by atoms with E-state index in [1.54, 1.807) is 7.11 Å². The molecule has 1 aromatic carbocycles. The number of H-pyrrole nitrogens is 1. The third kappa shape index (κ3) is 2.75. The Morgan fingerprint density at radius 2 is 1.95 bits per heavy atom. The molecule has 1 amide bonds. The first kappa shape index (κ1) is 14.0. The average Bonchev–Trinajstić information content (AvgIpc) is 2.88. The maximum Gasteiger partial charge on any atom is 0.270 e. The van der Waals surface area contributed by atoms with Gasteiger partial charge in [0.15, 0.2) is 0 Å². The highest BCUT2D eigenvalue weighted by Crippen LogP contribution is 2.25. The molecule has 2 atom stereocenters. The van der Waals surface area contributed by atoms with Crippen molar-refractivity contribution in [2.75, 3.05) is 20.2 Å². The maximum absolute atomic E-state index is 12.7. The Morgan fingerprint density at radius 3 is 2.62 bits per heavy atom. The number of methoxy groups -OCH3 is 1. The van der Waals surface area contributed by atoms with E-state index in [0.29, 0.717) is 17.5 Å². The topological polar surface area (TPSA) is 45.3 Å². The summed E-state index contributed by atoms with van der Waals surface area (Å²) in [5.74, 6) is 2.05. The van der Waals surface area contributed by atoms with E-state index in [2.05, 4.69) is 18.8 Å². The van der Waals surface area contributed by atoms with Crippen molar-refractivity contribution in [3.05, 3.63) is 30.0 Å². The summed E-state index contributed by atoms with van der Waals surface area (Å²) >= 11 is 0. The van der Waals surface area contributed by atoms with Gasteiger partial charge in [0.2, 0.25) is 0 Å². The summed E-state index contributed by atoms with van der Waals surface area (Å²) in [7, 11) is 1.65. The van der Waals surface area contributed by atoms with Crippen LogP contribution in [0.2, 0.25) is 0 Å². The van der Waals surface area contributed by atoms with Gasteiger partial charge >= 0.3 is 0 Å². The molecule has 0 saturated carbocycles. The summed E-state index contributed by atoms with van der Waals surface area (Å²) in [5, 5.41) is 1.01. The van der Waals surface area contributed by atoms with Crippen molar-refractivity contribution in [1.82, 2.24) is 9.88 Å². The Hall–Kier alpha value is -1.97. The van der Waals surface area contributed by atoms with Crippen LogP contribution in [0.5, 0.6) is 5.75 Å². The second kappa shape index (κ2) is 5.43. The van der Waals surface area contributed by atoms with Gasteiger partial charge in [-0.3, -0.25) is 4.79 Å². The molecular weight excluding hydrogens is 264 g/mol.